The molecule has 0 saturated carbocycles. The van der Waals surface area contributed by atoms with Gasteiger partial charge in [-0.2, -0.15) is 0 Å². The molecule has 3 rings (SSSR count). The van der Waals surface area contributed by atoms with Crippen LogP contribution < -0.4 is 9.47 Å². The van der Waals surface area contributed by atoms with Crippen molar-refractivity contribution in [2.24, 2.45) is 0 Å². The summed E-state index contributed by atoms with van der Waals surface area (Å²) < 4.78 is 16.6. The van der Waals surface area contributed by atoms with Crippen molar-refractivity contribution in [1.29, 1.82) is 0 Å². The van der Waals surface area contributed by atoms with E-state index in [2.05, 4.69) is 9.97 Å². The first-order valence-electron chi connectivity index (χ1n) is 7.41. The Morgan fingerprint density at radius 1 is 1.13 bits per heavy atom. The quantitative estimate of drug-likeness (QED) is 0.695. The molecule has 0 atom stereocenters. The van der Waals surface area contributed by atoms with Gasteiger partial charge in [-0.15, -0.1) is 0 Å². The molecule has 0 N–H and O–H groups in total. The Hall–Kier alpha value is -2.82. The fourth-order valence-electron chi connectivity index (χ4n) is 2.22. The smallest absolute Gasteiger partial charge is 0.226 e. The van der Waals surface area contributed by atoms with E-state index < -0.39 is 0 Å². The average molecular weight is 310 g/mol. The molecule has 3 aromatic rings. The van der Waals surface area contributed by atoms with Crippen LogP contribution in [0.15, 0.2) is 53.1 Å². The fraction of sp³-hybridized carbons (Fsp3) is 0.222. The molecule has 0 fully saturated rings. The minimum absolute atomic E-state index is 0.502. The van der Waals surface area contributed by atoms with Gasteiger partial charge >= 0.3 is 0 Å². The maximum atomic E-state index is 5.77. The molecule has 0 saturated heterocycles. The van der Waals surface area contributed by atoms with Gasteiger partial charge in [0.15, 0.2) is 0 Å². The van der Waals surface area contributed by atoms with Gasteiger partial charge in [0.25, 0.3) is 0 Å². The largest absolute Gasteiger partial charge is 0.497 e. The predicted molar refractivity (Wildman–Crippen MR) is 86.7 cm³/mol. The Morgan fingerprint density at radius 2 is 2.04 bits per heavy atom. The van der Waals surface area contributed by atoms with Crippen LogP contribution >= 0.6 is 0 Å². The predicted octanol–water partition coefficient (Wildman–Crippen LogP) is 3.68. The molecule has 0 spiro atoms. The molecule has 1 aromatic carbocycles. The average Bonchev–Trinajstić information content (AvgIpc) is 2.97. The first kappa shape index (κ1) is 15.1. The number of nitrogens with zero attached hydrogens (tertiary/aromatic N) is 2. The molecule has 0 bridgehead atoms. The van der Waals surface area contributed by atoms with Gasteiger partial charge in [-0.3, -0.25) is 0 Å². The van der Waals surface area contributed by atoms with Crippen LogP contribution in [0.1, 0.15) is 11.5 Å². The third kappa shape index (κ3) is 3.69. The van der Waals surface area contributed by atoms with E-state index in [1.54, 1.807) is 13.3 Å². The van der Waals surface area contributed by atoms with E-state index in [-0.39, 0.29) is 0 Å². The number of ether oxygens (including phenoxy) is 2. The number of hydrogen-bond acceptors (Lipinski definition) is 5. The zero-order chi connectivity index (χ0) is 16.1. The number of hydrogen-bond donors (Lipinski definition) is 0. The van der Waals surface area contributed by atoms with E-state index in [9.17, 15) is 0 Å². The minimum Gasteiger partial charge on any atom is -0.497 e. The first-order valence-corrected chi connectivity index (χ1v) is 7.41. The summed E-state index contributed by atoms with van der Waals surface area (Å²) in [6, 6.07) is 13.2. The van der Waals surface area contributed by atoms with E-state index in [0.29, 0.717) is 24.8 Å². The Morgan fingerprint density at radius 3 is 2.83 bits per heavy atom. The molecule has 0 unspecified atom stereocenters. The normalized spacial score (nSPS) is 10.5. The van der Waals surface area contributed by atoms with Gasteiger partial charge in [-0.25, -0.2) is 9.97 Å². The number of oxazole rings is 1. The molecular formula is C18H18N2O3. The molecule has 5 heteroatoms. The van der Waals surface area contributed by atoms with E-state index in [4.69, 9.17) is 13.9 Å². The highest BCUT2D eigenvalue weighted by Gasteiger charge is 2.12. The Balaban J connectivity index is 1.68. The summed E-state index contributed by atoms with van der Waals surface area (Å²) in [6.45, 7) is 2.41. The summed E-state index contributed by atoms with van der Waals surface area (Å²) in [5.74, 6) is 2.78. The second-order valence-electron chi connectivity index (χ2n) is 5.02. The molecule has 0 amide bonds. The number of benzene rings is 1. The lowest BCUT2D eigenvalue weighted by Crippen LogP contribution is -2.03. The molecule has 5 nitrogen and oxygen atoms in total. The van der Waals surface area contributed by atoms with Gasteiger partial charge in [0, 0.05) is 24.2 Å². The van der Waals surface area contributed by atoms with Gasteiger partial charge in [-0.05, 0) is 31.2 Å². The number of pyridine rings is 1. The van der Waals surface area contributed by atoms with Crippen LogP contribution in [0.25, 0.3) is 11.5 Å². The molecule has 0 radical (unpaired) electrons. The lowest BCUT2D eigenvalue weighted by Gasteiger charge is -2.03. The van der Waals surface area contributed by atoms with Gasteiger partial charge in [0.2, 0.25) is 11.8 Å². The van der Waals surface area contributed by atoms with Crippen LogP contribution in [0.5, 0.6) is 11.6 Å². The van der Waals surface area contributed by atoms with Crippen molar-refractivity contribution in [2.75, 3.05) is 13.7 Å². The maximum Gasteiger partial charge on any atom is 0.226 e. The van der Waals surface area contributed by atoms with E-state index in [1.165, 1.54) is 0 Å². The number of methoxy groups -OCH3 is 1. The summed E-state index contributed by atoms with van der Waals surface area (Å²) in [4.78, 5) is 8.69. The van der Waals surface area contributed by atoms with Gasteiger partial charge < -0.3 is 13.9 Å². The Bertz CT molecular complexity index is 769. The van der Waals surface area contributed by atoms with Gasteiger partial charge in [0.05, 0.1) is 19.4 Å². The summed E-state index contributed by atoms with van der Waals surface area (Å²) >= 11 is 0. The molecule has 0 aliphatic heterocycles. The maximum absolute atomic E-state index is 5.77. The first-order chi connectivity index (χ1) is 11.3. The van der Waals surface area contributed by atoms with E-state index >= 15 is 0 Å². The van der Waals surface area contributed by atoms with Crippen LogP contribution in [0.2, 0.25) is 0 Å². The zero-order valence-corrected chi connectivity index (χ0v) is 13.2. The molecule has 2 heterocycles. The fourth-order valence-corrected chi connectivity index (χ4v) is 2.22. The van der Waals surface area contributed by atoms with E-state index in [0.717, 1.165) is 22.8 Å². The second kappa shape index (κ2) is 6.96. The van der Waals surface area contributed by atoms with E-state index in [1.807, 2.05) is 49.4 Å². The lowest BCUT2D eigenvalue weighted by atomic mass is 10.2. The van der Waals surface area contributed by atoms with Crippen molar-refractivity contribution in [3.05, 3.63) is 60.1 Å². The third-order valence-corrected chi connectivity index (χ3v) is 3.44. The monoisotopic (exact) mass is 310 g/mol. The molecule has 0 aliphatic rings. The van der Waals surface area contributed by atoms with Crippen LogP contribution in [-0.2, 0) is 6.42 Å². The highest BCUT2D eigenvalue weighted by atomic mass is 16.5. The Kier molecular flexibility index (Phi) is 4.57. The Labute approximate surface area is 134 Å². The summed E-state index contributed by atoms with van der Waals surface area (Å²) in [7, 11) is 1.64. The number of aryl methyl sites for hydroxylation is 1. The molecule has 23 heavy (non-hydrogen) atoms. The van der Waals surface area contributed by atoms with Crippen molar-refractivity contribution < 1.29 is 13.9 Å². The lowest BCUT2D eigenvalue weighted by molar-refractivity contribution is 0.307. The highest BCUT2D eigenvalue weighted by molar-refractivity contribution is 5.56. The summed E-state index contributed by atoms with van der Waals surface area (Å²) in [6.07, 6.45) is 2.37. The van der Waals surface area contributed by atoms with Gasteiger partial charge in [0.1, 0.15) is 11.5 Å². The topological polar surface area (TPSA) is 57.4 Å². The second-order valence-corrected chi connectivity index (χ2v) is 5.02. The number of aromatic nitrogens is 2. The van der Waals surface area contributed by atoms with Gasteiger partial charge in [-0.1, -0.05) is 12.1 Å². The van der Waals surface area contributed by atoms with Crippen molar-refractivity contribution in [2.45, 2.75) is 13.3 Å². The molecule has 2 aromatic heterocycles. The standard InChI is InChI=1S/C18H18N2O3/c1-13-16(9-11-22-17-8-3-4-10-19-17)20-18(23-13)14-6-5-7-15(12-14)21-2/h3-8,10,12H,9,11H2,1-2H3. The zero-order valence-electron chi connectivity index (χ0n) is 13.2. The molecule has 118 valence electrons. The van der Waals surface area contributed by atoms with Crippen LogP contribution in [0.4, 0.5) is 0 Å². The van der Waals surface area contributed by atoms with Crippen molar-refractivity contribution in [3.8, 4) is 23.1 Å². The van der Waals surface area contributed by atoms with Crippen molar-refractivity contribution in [1.82, 2.24) is 9.97 Å². The minimum atomic E-state index is 0.502. The highest BCUT2D eigenvalue weighted by Crippen LogP contribution is 2.25. The molecular weight excluding hydrogens is 292 g/mol. The van der Waals surface area contributed by atoms with Crippen LogP contribution in [-0.4, -0.2) is 23.7 Å². The third-order valence-electron chi connectivity index (χ3n) is 3.44. The van der Waals surface area contributed by atoms with Crippen LogP contribution in [0, 0.1) is 6.92 Å². The van der Waals surface area contributed by atoms with Crippen molar-refractivity contribution in [3.63, 3.8) is 0 Å². The number of rotatable bonds is 6. The van der Waals surface area contributed by atoms with Crippen molar-refractivity contribution >= 4 is 0 Å². The van der Waals surface area contributed by atoms with Crippen LogP contribution in [0.3, 0.4) is 0 Å². The SMILES string of the molecule is COc1cccc(-c2nc(CCOc3ccccn3)c(C)o2)c1. The summed E-state index contributed by atoms with van der Waals surface area (Å²) in [5.41, 5.74) is 1.78. The summed E-state index contributed by atoms with van der Waals surface area (Å²) in [5, 5.41) is 0. The molecule has 0 aliphatic carbocycles.